The summed E-state index contributed by atoms with van der Waals surface area (Å²) < 4.78 is 12.2. The first-order valence-electron chi connectivity index (χ1n) is 7.68. The molecule has 0 radical (unpaired) electrons. The Bertz CT molecular complexity index is 856. The third kappa shape index (κ3) is 3.08. The fraction of sp³-hybridized carbons (Fsp3) is 0.278. The second-order valence-corrected chi connectivity index (χ2v) is 5.76. The number of benzene rings is 1. The van der Waals surface area contributed by atoms with Gasteiger partial charge in [0.2, 0.25) is 0 Å². The second-order valence-electron chi connectivity index (χ2n) is 5.76. The molecule has 0 fully saturated rings. The van der Waals surface area contributed by atoms with Crippen molar-refractivity contribution in [3.8, 4) is 5.69 Å². The number of aryl methyl sites for hydroxylation is 4. The second kappa shape index (κ2) is 6.31. The van der Waals surface area contributed by atoms with E-state index in [0.29, 0.717) is 11.3 Å². The molecule has 0 N–H and O–H groups in total. The largest absolute Gasteiger partial charge is 0.457 e. The zero-order valence-electron chi connectivity index (χ0n) is 14.2. The maximum Gasteiger partial charge on any atom is 0.338 e. The van der Waals surface area contributed by atoms with Crippen LogP contribution >= 0.6 is 0 Å². The van der Waals surface area contributed by atoms with Gasteiger partial charge < -0.3 is 9.26 Å². The number of aromatic nitrogens is 3. The summed E-state index contributed by atoms with van der Waals surface area (Å²) in [6.45, 7) is 7.71. The van der Waals surface area contributed by atoms with Gasteiger partial charge >= 0.3 is 5.97 Å². The molecule has 124 valence electrons. The van der Waals surface area contributed by atoms with Gasteiger partial charge in [0.05, 0.1) is 28.2 Å². The highest BCUT2D eigenvalue weighted by Crippen LogP contribution is 2.16. The van der Waals surface area contributed by atoms with Crippen LogP contribution in [0, 0.1) is 27.7 Å². The van der Waals surface area contributed by atoms with Crippen molar-refractivity contribution in [3.63, 3.8) is 0 Å². The summed E-state index contributed by atoms with van der Waals surface area (Å²) in [5, 5.41) is 8.27. The smallest absolute Gasteiger partial charge is 0.338 e. The molecular formula is C18H19N3O3. The Hall–Kier alpha value is -2.89. The predicted octanol–water partition coefficient (Wildman–Crippen LogP) is 3.45. The summed E-state index contributed by atoms with van der Waals surface area (Å²) in [4.78, 5) is 12.2. The molecule has 0 aliphatic carbocycles. The van der Waals surface area contributed by atoms with E-state index in [0.717, 1.165) is 28.3 Å². The Morgan fingerprint density at radius 1 is 1.17 bits per heavy atom. The van der Waals surface area contributed by atoms with E-state index in [2.05, 4.69) is 10.3 Å². The molecule has 0 amide bonds. The lowest BCUT2D eigenvalue weighted by molar-refractivity contribution is 0.0471. The number of nitrogens with zero attached hydrogens (tertiary/aromatic N) is 3. The summed E-state index contributed by atoms with van der Waals surface area (Å²) in [5.41, 5.74) is 4.94. The molecule has 0 aliphatic heterocycles. The molecule has 0 spiro atoms. The molecule has 24 heavy (non-hydrogen) atoms. The van der Waals surface area contributed by atoms with Gasteiger partial charge in [0.1, 0.15) is 12.4 Å². The molecule has 0 bridgehead atoms. The van der Waals surface area contributed by atoms with E-state index in [9.17, 15) is 4.79 Å². The summed E-state index contributed by atoms with van der Waals surface area (Å²) in [6.07, 6.45) is 0. The number of ether oxygens (including phenoxy) is 1. The number of hydrogen-bond donors (Lipinski definition) is 0. The van der Waals surface area contributed by atoms with Crippen molar-refractivity contribution in [2.24, 2.45) is 0 Å². The molecule has 6 heteroatoms. The van der Waals surface area contributed by atoms with E-state index in [-0.39, 0.29) is 12.6 Å². The Balaban J connectivity index is 1.71. The first-order chi connectivity index (χ1) is 11.5. The van der Waals surface area contributed by atoms with Gasteiger partial charge in [0.25, 0.3) is 0 Å². The van der Waals surface area contributed by atoms with E-state index in [1.54, 1.807) is 19.1 Å². The molecule has 6 nitrogen and oxygen atoms in total. The topological polar surface area (TPSA) is 70.2 Å². The lowest BCUT2D eigenvalue weighted by Gasteiger charge is -2.07. The van der Waals surface area contributed by atoms with Crippen LogP contribution in [0.1, 0.15) is 38.8 Å². The van der Waals surface area contributed by atoms with Gasteiger partial charge in [-0.3, -0.25) is 0 Å². The number of hydrogen-bond acceptors (Lipinski definition) is 5. The minimum absolute atomic E-state index is 0.152. The van der Waals surface area contributed by atoms with Crippen molar-refractivity contribution in [3.05, 3.63) is 64.3 Å². The minimum Gasteiger partial charge on any atom is -0.457 e. The van der Waals surface area contributed by atoms with E-state index in [4.69, 9.17) is 9.26 Å². The highest BCUT2D eigenvalue weighted by molar-refractivity contribution is 5.89. The van der Waals surface area contributed by atoms with Crippen molar-refractivity contribution in [2.75, 3.05) is 0 Å². The Kier molecular flexibility index (Phi) is 4.20. The highest BCUT2D eigenvalue weighted by Gasteiger charge is 2.13. The Morgan fingerprint density at radius 2 is 1.88 bits per heavy atom. The van der Waals surface area contributed by atoms with Gasteiger partial charge in [-0.2, -0.15) is 5.10 Å². The maximum atomic E-state index is 12.2. The Labute approximate surface area is 140 Å². The number of esters is 1. The van der Waals surface area contributed by atoms with Crippen molar-refractivity contribution in [1.29, 1.82) is 0 Å². The SMILES string of the molecule is Cc1cc(C)n(-c2ccc(C(=O)OCc3c(C)noc3C)cc2)n1. The molecule has 2 aromatic heterocycles. The van der Waals surface area contributed by atoms with E-state index in [1.807, 2.05) is 43.7 Å². The molecule has 0 unspecified atom stereocenters. The summed E-state index contributed by atoms with van der Waals surface area (Å²) in [6, 6.07) is 9.19. The monoisotopic (exact) mass is 325 g/mol. The molecule has 0 aliphatic rings. The predicted molar refractivity (Wildman–Crippen MR) is 88.1 cm³/mol. The average Bonchev–Trinajstić information content (AvgIpc) is 3.07. The van der Waals surface area contributed by atoms with Crippen LogP contribution in [0.5, 0.6) is 0 Å². The van der Waals surface area contributed by atoms with Gasteiger partial charge in [0, 0.05) is 5.69 Å². The van der Waals surface area contributed by atoms with Crippen molar-refractivity contribution >= 4 is 5.97 Å². The summed E-state index contributed by atoms with van der Waals surface area (Å²) in [5.74, 6) is 0.287. The van der Waals surface area contributed by atoms with Crippen LogP contribution in [0.25, 0.3) is 5.69 Å². The lowest BCUT2D eigenvalue weighted by Crippen LogP contribution is -2.07. The fourth-order valence-corrected chi connectivity index (χ4v) is 2.56. The van der Waals surface area contributed by atoms with Gasteiger partial charge in [-0.1, -0.05) is 5.16 Å². The number of carbonyl (C=O) groups excluding carboxylic acids is 1. The quantitative estimate of drug-likeness (QED) is 0.687. The lowest BCUT2D eigenvalue weighted by atomic mass is 10.2. The Morgan fingerprint density at radius 3 is 2.42 bits per heavy atom. The van der Waals surface area contributed by atoms with Crippen LogP contribution in [-0.4, -0.2) is 20.9 Å². The number of carbonyl (C=O) groups is 1. The molecule has 3 rings (SSSR count). The standard InChI is InChI=1S/C18H19N3O3/c1-11-9-12(2)21(19-11)16-7-5-15(6-8-16)18(22)23-10-17-13(3)20-24-14(17)4/h5-9H,10H2,1-4H3. The van der Waals surface area contributed by atoms with Crippen LogP contribution in [0.4, 0.5) is 0 Å². The highest BCUT2D eigenvalue weighted by atomic mass is 16.5. The number of rotatable bonds is 4. The maximum absolute atomic E-state index is 12.2. The van der Waals surface area contributed by atoms with Crippen molar-refractivity contribution in [1.82, 2.24) is 14.9 Å². The zero-order chi connectivity index (χ0) is 17.3. The van der Waals surface area contributed by atoms with Gasteiger partial charge in [-0.05, 0) is 58.0 Å². The summed E-state index contributed by atoms with van der Waals surface area (Å²) >= 11 is 0. The molecule has 1 aromatic carbocycles. The van der Waals surface area contributed by atoms with Gasteiger partial charge in [-0.25, -0.2) is 9.48 Å². The van der Waals surface area contributed by atoms with E-state index >= 15 is 0 Å². The summed E-state index contributed by atoms with van der Waals surface area (Å²) in [7, 11) is 0. The van der Waals surface area contributed by atoms with Crippen molar-refractivity contribution in [2.45, 2.75) is 34.3 Å². The van der Waals surface area contributed by atoms with Crippen LogP contribution in [0.2, 0.25) is 0 Å². The molecule has 3 aromatic rings. The van der Waals surface area contributed by atoms with Crippen LogP contribution in [0.15, 0.2) is 34.9 Å². The first-order valence-corrected chi connectivity index (χ1v) is 7.68. The minimum atomic E-state index is -0.380. The van der Waals surface area contributed by atoms with Gasteiger partial charge in [0.15, 0.2) is 0 Å². The van der Waals surface area contributed by atoms with Crippen LogP contribution in [-0.2, 0) is 11.3 Å². The van der Waals surface area contributed by atoms with E-state index < -0.39 is 0 Å². The molecule has 2 heterocycles. The molecular weight excluding hydrogens is 306 g/mol. The molecule has 0 saturated heterocycles. The first kappa shape index (κ1) is 16.0. The normalized spacial score (nSPS) is 10.8. The third-order valence-corrected chi connectivity index (χ3v) is 3.89. The molecule has 0 saturated carbocycles. The van der Waals surface area contributed by atoms with Crippen LogP contribution in [0.3, 0.4) is 0 Å². The fourth-order valence-electron chi connectivity index (χ4n) is 2.56. The third-order valence-electron chi connectivity index (χ3n) is 3.89. The average molecular weight is 325 g/mol. The van der Waals surface area contributed by atoms with Gasteiger partial charge in [-0.15, -0.1) is 0 Å². The molecule has 0 atom stereocenters. The zero-order valence-corrected chi connectivity index (χ0v) is 14.2. The van der Waals surface area contributed by atoms with Crippen LogP contribution < -0.4 is 0 Å². The van der Waals surface area contributed by atoms with E-state index in [1.165, 1.54) is 0 Å². The van der Waals surface area contributed by atoms with Crippen molar-refractivity contribution < 1.29 is 14.1 Å².